The van der Waals surface area contributed by atoms with E-state index in [0.717, 1.165) is 19.3 Å². The fourth-order valence-electron chi connectivity index (χ4n) is 6.14. The number of alkyl carbamates (subject to hydrolysis) is 1. The number of rotatable bonds is 15. The number of nitrogens with zero attached hydrogens (tertiary/aromatic N) is 1. The summed E-state index contributed by atoms with van der Waals surface area (Å²) in [5.41, 5.74) is 5.12. The lowest BCUT2D eigenvalue weighted by atomic mass is 9.85. The Morgan fingerprint density at radius 3 is 2.31 bits per heavy atom. The molecule has 0 radical (unpaired) electrons. The minimum atomic E-state index is -0.910. The van der Waals surface area contributed by atoms with E-state index in [1.165, 1.54) is 7.05 Å². The number of hydrogen-bond acceptors (Lipinski definition) is 8. The summed E-state index contributed by atoms with van der Waals surface area (Å²) in [6.45, 7) is 14.4. The number of likely N-dealkylation sites (tertiary alicyclic amines) is 1. The number of Topliss-reactive ketones (excluding diaryl/α,β-unsaturated/α-hetero) is 1. The number of carbonyl (C=O) groups is 4. The summed E-state index contributed by atoms with van der Waals surface area (Å²) < 4.78 is 5.18. The molecule has 1 heterocycles. The maximum atomic E-state index is 14.0. The molecular weight excluding hydrogens is 500 g/mol. The minimum Gasteiger partial charge on any atom is -0.448 e. The predicted octanol–water partition coefficient (Wildman–Crippen LogP) is 0.968. The van der Waals surface area contributed by atoms with Crippen LogP contribution in [0.1, 0.15) is 67.2 Å². The number of carbonyl (C=O) groups excluding carboxylic acids is 4. The van der Waals surface area contributed by atoms with E-state index in [9.17, 15) is 19.2 Å². The fraction of sp³-hybridized carbons (Fsp3) is 0.857. The van der Waals surface area contributed by atoms with E-state index in [1.807, 2.05) is 32.6 Å². The van der Waals surface area contributed by atoms with Crippen molar-refractivity contribution >= 4 is 23.7 Å². The second kappa shape index (κ2) is 12.5. The van der Waals surface area contributed by atoms with E-state index < -0.39 is 29.9 Å². The predicted molar refractivity (Wildman–Crippen MR) is 148 cm³/mol. The second-order valence-corrected chi connectivity index (χ2v) is 13.2. The quantitative estimate of drug-likeness (QED) is 0.149. The monoisotopic (exact) mass is 550 g/mol. The van der Waals surface area contributed by atoms with Crippen molar-refractivity contribution in [3.63, 3.8) is 0 Å². The third-order valence-corrected chi connectivity index (χ3v) is 8.95. The number of ether oxygens (including phenoxy) is 1. The molecule has 1 aliphatic heterocycles. The highest BCUT2D eigenvalue weighted by Gasteiger charge is 2.67. The molecule has 3 fully saturated rings. The maximum absolute atomic E-state index is 14.0. The van der Waals surface area contributed by atoms with Crippen LogP contribution in [0.2, 0.25) is 0 Å². The standard InChI is InChI=1S/C28H50N6O5/c1-8-17(14-39-26(38)30-7)32-15-33-23(27(2,3)4)25(37)34-13-18-21(28(18,5)6)20(34)12-31-19(11-16-9-10-16)22(35)24(29)36/h16-21,23,31-33H,8-15H2,1-7H3,(H2,29,36)(H,30,38)/t17-,18-,19?,20?,21-,23+/m0/s1. The van der Waals surface area contributed by atoms with Crippen molar-refractivity contribution in [3.8, 4) is 0 Å². The van der Waals surface area contributed by atoms with Crippen molar-refractivity contribution in [1.82, 2.24) is 26.2 Å². The molecule has 2 unspecified atom stereocenters. The third-order valence-electron chi connectivity index (χ3n) is 8.95. The zero-order valence-corrected chi connectivity index (χ0v) is 24.8. The maximum Gasteiger partial charge on any atom is 0.406 e. The van der Waals surface area contributed by atoms with E-state index >= 15 is 0 Å². The molecule has 0 aromatic carbocycles. The van der Waals surface area contributed by atoms with Crippen LogP contribution in [-0.2, 0) is 19.1 Å². The molecule has 0 bridgehead atoms. The molecule has 39 heavy (non-hydrogen) atoms. The Labute approximate surface area is 233 Å². The van der Waals surface area contributed by atoms with E-state index in [-0.39, 0.29) is 35.4 Å². The van der Waals surface area contributed by atoms with E-state index in [1.54, 1.807) is 0 Å². The molecule has 0 aromatic heterocycles. The van der Waals surface area contributed by atoms with Crippen LogP contribution in [0.15, 0.2) is 0 Å². The SMILES string of the molecule is CC[C@@H](COC(=O)NC)NCN[C@H](C(=O)N1C[C@H]2[C@@H](C1CNC(CC1CC1)C(=O)C(N)=O)C2(C)C)C(C)(C)C. The van der Waals surface area contributed by atoms with Gasteiger partial charge in [0.1, 0.15) is 6.61 Å². The minimum absolute atomic E-state index is 0.0359. The average molecular weight is 551 g/mol. The highest BCUT2D eigenvalue weighted by atomic mass is 16.5. The second-order valence-electron chi connectivity index (χ2n) is 13.2. The summed E-state index contributed by atoms with van der Waals surface area (Å²) in [7, 11) is 1.52. The topological polar surface area (TPSA) is 155 Å². The Morgan fingerprint density at radius 1 is 1.10 bits per heavy atom. The van der Waals surface area contributed by atoms with Gasteiger partial charge in [-0.15, -0.1) is 0 Å². The molecule has 2 saturated carbocycles. The molecule has 6 N–H and O–H groups in total. The van der Waals surface area contributed by atoms with Gasteiger partial charge in [-0.05, 0) is 41.4 Å². The number of nitrogens with one attached hydrogen (secondary N) is 4. The molecule has 3 aliphatic rings. The Bertz CT molecular complexity index is 915. The molecule has 11 nitrogen and oxygen atoms in total. The van der Waals surface area contributed by atoms with Gasteiger partial charge in [-0.1, -0.05) is 54.4 Å². The molecule has 0 spiro atoms. The van der Waals surface area contributed by atoms with Crippen LogP contribution in [0.25, 0.3) is 0 Å². The van der Waals surface area contributed by atoms with Gasteiger partial charge in [-0.3, -0.25) is 25.0 Å². The van der Waals surface area contributed by atoms with Gasteiger partial charge in [-0.25, -0.2) is 4.79 Å². The fourth-order valence-corrected chi connectivity index (χ4v) is 6.14. The molecule has 2 aliphatic carbocycles. The van der Waals surface area contributed by atoms with Crippen LogP contribution in [0.3, 0.4) is 0 Å². The third kappa shape index (κ3) is 7.70. The zero-order chi connectivity index (χ0) is 29.1. The van der Waals surface area contributed by atoms with Crippen LogP contribution in [0.5, 0.6) is 0 Å². The number of amides is 3. The van der Waals surface area contributed by atoms with Gasteiger partial charge in [0.15, 0.2) is 0 Å². The van der Waals surface area contributed by atoms with Crippen molar-refractivity contribution in [2.24, 2.45) is 34.3 Å². The summed E-state index contributed by atoms with van der Waals surface area (Å²) >= 11 is 0. The number of primary amides is 1. The van der Waals surface area contributed by atoms with E-state index in [2.05, 4.69) is 35.1 Å². The Kier molecular flexibility index (Phi) is 10.0. The van der Waals surface area contributed by atoms with Crippen LogP contribution >= 0.6 is 0 Å². The number of nitrogens with two attached hydrogens (primary N) is 1. The molecule has 3 rings (SSSR count). The first-order valence-corrected chi connectivity index (χ1v) is 14.4. The van der Waals surface area contributed by atoms with Crippen LogP contribution in [-0.4, -0.2) is 86.2 Å². The van der Waals surface area contributed by atoms with Gasteiger partial charge in [0, 0.05) is 38.9 Å². The summed E-state index contributed by atoms with van der Waals surface area (Å²) in [6, 6.07) is -1.16. The van der Waals surface area contributed by atoms with Crippen molar-refractivity contribution < 1.29 is 23.9 Å². The first kappa shape index (κ1) is 31.3. The number of ketones is 1. The Balaban J connectivity index is 1.66. The van der Waals surface area contributed by atoms with Gasteiger partial charge in [-0.2, -0.15) is 0 Å². The van der Waals surface area contributed by atoms with E-state index in [4.69, 9.17) is 10.5 Å². The molecule has 11 heteroatoms. The summed E-state index contributed by atoms with van der Waals surface area (Å²) in [5, 5.41) is 12.5. The lowest BCUT2D eigenvalue weighted by molar-refractivity contribution is -0.139. The molecule has 0 aromatic rings. The molecule has 1 saturated heterocycles. The molecule has 3 amide bonds. The van der Waals surface area contributed by atoms with Crippen LogP contribution < -0.4 is 27.0 Å². The normalized spacial score (nSPS) is 25.8. The first-order chi connectivity index (χ1) is 18.2. The van der Waals surface area contributed by atoms with Crippen LogP contribution in [0, 0.1) is 28.6 Å². The van der Waals surface area contributed by atoms with Gasteiger partial charge >= 0.3 is 6.09 Å². The molecule has 222 valence electrons. The number of piperidine rings is 1. The summed E-state index contributed by atoms with van der Waals surface area (Å²) in [5.74, 6) is -0.249. The van der Waals surface area contributed by atoms with Crippen molar-refractivity contribution in [3.05, 3.63) is 0 Å². The largest absolute Gasteiger partial charge is 0.448 e. The van der Waals surface area contributed by atoms with Gasteiger partial charge in [0.05, 0.1) is 12.1 Å². The smallest absolute Gasteiger partial charge is 0.406 e. The first-order valence-electron chi connectivity index (χ1n) is 14.4. The van der Waals surface area contributed by atoms with E-state index in [0.29, 0.717) is 43.9 Å². The number of hydrogen-bond donors (Lipinski definition) is 5. The average Bonchev–Trinajstić information content (AvgIpc) is 3.73. The Hall–Kier alpha value is -2.24. The zero-order valence-electron chi connectivity index (χ0n) is 24.8. The van der Waals surface area contributed by atoms with Gasteiger partial charge in [0.25, 0.3) is 5.91 Å². The lowest BCUT2D eigenvalue weighted by Gasteiger charge is -2.39. The highest BCUT2D eigenvalue weighted by molar-refractivity contribution is 6.37. The number of fused-ring (bicyclic) bond motifs is 1. The molecule has 6 atom stereocenters. The van der Waals surface area contributed by atoms with Crippen molar-refractivity contribution in [1.29, 1.82) is 0 Å². The summed E-state index contributed by atoms with van der Waals surface area (Å²) in [6.07, 6.45) is 3.04. The van der Waals surface area contributed by atoms with Crippen LogP contribution in [0.4, 0.5) is 4.79 Å². The van der Waals surface area contributed by atoms with Crippen molar-refractivity contribution in [2.75, 3.05) is 33.4 Å². The van der Waals surface area contributed by atoms with Gasteiger partial charge in [0.2, 0.25) is 11.7 Å². The molecular formula is C28H50N6O5. The van der Waals surface area contributed by atoms with Gasteiger partial charge < -0.3 is 26.0 Å². The lowest BCUT2D eigenvalue weighted by Crippen LogP contribution is -2.59. The van der Waals surface area contributed by atoms with Crippen molar-refractivity contribution in [2.45, 2.75) is 91.4 Å². The summed E-state index contributed by atoms with van der Waals surface area (Å²) in [4.78, 5) is 51.6. The highest BCUT2D eigenvalue weighted by Crippen LogP contribution is 2.64. The Morgan fingerprint density at radius 2 is 1.77 bits per heavy atom.